The van der Waals surface area contributed by atoms with Crippen LogP contribution >= 0.6 is 0 Å². The van der Waals surface area contributed by atoms with Gasteiger partial charge in [0.1, 0.15) is 5.82 Å². The molecule has 0 aliphatic carbocycles. The van der Waals surface area contributed by atoms with Gasteiger partial charge >= 0.3 is 5.97 Å². The number of hydrogen-bond acceptors (Lipinski definition) is 4. The van der Waals surface area contributed by atoms with Crippen molar-refractivity contribution in [1.29, 1.82) is 0 Å². The largest absolute Gasteiger partial charge is 0.481 e. The number of nitrogens with zero attached hydrogens (tertiary/aromatic N) is 1. The fourth-order valence-corrected chi connectivity index (χ4v) is 2.33. The third kappa shape index (κ3) is 4.24. The molecule has 1 saturated heterocycles. The van der Waals surface area contributed by atoms with Gasteiger partial charge in [0, 0.05) is 30.8 Å². The highest BCUT2D eigenvalue weighted by Gasteiger charge is 2.23. The van der Waals surface area contributed by atoms with Gasteiger partial charge in [0.15, 0.2) is 0 Å². The lowest BCUT2D eigenvalue weighted by Gasteiger charge is -2.32. The van der Waals surface area contributed by atoms with E-state index < -0.39 is 23.8 Å². The third-order valence-electron chi connectivity index (χ3n) is 3.35. The molecule has 1 aromatic carbocycles. The molecule has 0 spiro atoms. The molecule has 1 fully saturated rings. The predicted octanol–water partition coefficient (Wildman–Crippen LogP) is 0.600. The highest BCUT2D eigenvalue weighted by atomic mass is 19.1. The summed E-state index contributed by atoms with van der Waals surface area (Å²) in [4.78, 5) is 23.7. The number of amides is 1. The molecule has 1 aliphatic heterocycles. The first kappa shape index (κ1) is 15.4. The Kier molecular flexibility index (Phi) is 4.87. The number of benzene rings is 1. The minimum Gasteiger partial charge on any atom is -0.481 e. The Morgan fingerprint density at radius 3 is 2.90 bits per heavy atom. The summed E-state index contributed by atoms with van der Waals surface area (Å²) in [5, 5.41) is 8.77. The van der Waals surface area contributed by atoms with Crippen LogP contribution in [0.25, 0.3) is 0 Å². The molecule has 1 heterocycles. The van der Waals surface area contributed by atoms with Crippen LogP contribution in [0.2, 0.25) is 0 Å². The molecule has 0 saturated carbocycles. The van der Waals surface area contributed by atoms with Gasteiger partial charge in [-0.15, -0.1) is 0 Å². The van der Waals surface area contributed by atoms with Crippen molar-refractivity contribution in [3.63, 3.8) is 0 Å². The standard InChI is InChI=1S/C14H17FN2O4/c15-12-2-1-9(14(16)20)5-10(12)7-17-3-4-21-11(8-17)6-13(18)19/h1-2,5,11H,3-4,6-8H2,(H2,16,20)(H,18,19). The first-order valence-corrected chi connectivity index (χ1v) is 6.59. The number of carboxylic acids is 1. The van der Waals surface area contributed by atoms with Gasteiger partial charge in [-0.05, 0) is 18.2 Å². The summed E-state index contributed by atoms with van der Waals surface area (Å²) in [5.74, 6) is -1.95. The minimum atomic E-state index is -0.927. The Hall–Kier alpha value is -1.99. The monoisotopic (exact) mass is 296 g/mol. The Balaban J connectivity index is 2.05. The van der Waals surface area contributed by atoms with Gasteiger partial charge in [0.2, 0.25) is 5.91 Å². The van der Waals surface area contributed by atoms with Crippen LogP contribution < -0.4 is 5.73 Å². The van der Waals surface area contributed by atoms with E-state index in [2.05, 4.69) is 0 Å². The van der Waals surface area contributed by atoms with Crippen molar-refractivity contribution in [2.24, 2.45) is 5.73 Å². The van der Waals surface area contributed by atoms with Crippen LogP contribution in [0, 0.1) is 5.82 Å². The molecule has 0 bridgehead atoms. The maximum absolute atomic E-state index is 13.8. The van der Waals surface area contributed by atoms with Crippen molar-refractivity contribution in [3.8, 4) is 0 Å². The van der Waals surface area contributed by atoms with Crippen molar-refractivity contribution in [1.82, 2.24) is 4.90 Å². The second-order valence-electron chi connectivity index (χ2n) is 5.00. The highest BCUT2D eigenvalue weighted by molar-refractivity contribution is 5.92. The molecular weight excluding hydrogens is 279 g/mol. The summed E-state index contributed by atoms with van der Waals surface area (Å²) in [6.07, 6.45) is -0.487. The second kappa shape index (κ2) is 6.64. The van der Waals surface area contributed by atoms with Gasteiger partial charge in [0.25, 0.3) is 0 Å². The van der Waals surface area contributed by atoms with Crippen molar-refractivity contribution in [2.45, 2.75) is 19.1 Å². The number of primary amides is 1. The van der Waals surface area contributed by atoms with Crippen molar-refractivity contribution < 1.29 is 23.8 Å². The lowest BCUT2D eigenvalue weighted by Crippen LogP contribution is -2.42. The summed E-state index contributed by atoms with van der Waals surface area (Å²) >= 11 is 0. The molecule has 1 aromatic rings. The predicted molar refractivity (Wildman–Crippen MR) is 72.2 cm³/mol. The lowest BCUT2D eigenvalue weighted by molar-refractivity contribution is -0.142. The highest BCUT2D eigenvalue weighted by Crippen LogP contribution is 2.16. The molecule has 1 aliphatic rings. The Labute approximate surface area is 121 Å². The summed E-state index contributed by atoms with van der Waals surface area (Å²) in [6.45, 7) is 1.67. The molecule has 7 heteroatoms. The van der Waals surface area contributed by atoms with Gasteiger partial charge in [0.05, 0.1) is 19.1 Å². The molecular formula is C14H17FN2O4. The van der Waals surface area contributed by atoms with Crippen LogP contribution in [0.1, 0.15) is 22.3 Å². The lowest BCUT2D eigenvalue weighted by atomic mass is 10.1. The van der Waals surface area contributed by atoms with E-state index >= 15 is 0 Å². The van der Waals surface area contributed by atoms with Crippen LogP contribution in [0.5, 0.6) is 0 Å². The number of carbonyl (C=O) groups is 2. The van der Waals surface area contributed by atoms with Gasteiger partial charge in [-0.1, -0.05) is 0 Å². The first-order valence-electron chi connectivity index (χ1n) is 6.59. The first-order chi connectivity index (χ1) is 9.95. The number of rotatable bonds is 5. The van der Waals surface area contributed by atoms with Gasteiger partial charge in [-0.2, -0.15) is 0 Å². The number of hydrogen-bond donors (Lipinski definition) is 2. The minimum absolute atomic E-state index is 0.0830. The molecule has 1 amide bonds. The molecule has 1 atom stereocenters. The van der Waals surface area contributed by atoms with Crippen LogP contribution in [-0.4, -0.2) is 47.7 Å². The molecule has 6 nitrogen and oxygen atoms in total. The zero-order valence-corrected chi connectivity index (χ0v) is 11.4. The molecule has 3 N–H and O–H groups in total. The summed E-state index contributed by atoms with van der Waals surface area (Å²) < 4.78 is 19.1. The third-order valence-corrected chi connectivity index (χ3v) is 3.35. The topological polar surface area (TPSA) is 92.9 Å². The Morgan fingerprint density at radius 2 is 2.24 bits per heavy atom. The number of carbonyl (C=O) groups excluding carboxylic acids is 1. The van der Waals surface area contributed by atoms with Gasteiger partial charge in [-0.25, -0.2) is 4.39 Å². The second-order valence-corrected chi connectivity index (χ2v) is 5.00. The normalized spacial score (nSPS) is 19.4. The zero-order valence-electron chi connectivity index (χ0n) is 11.4. The van der Waals surface area contributed by atoms with Crippen LogP contribution in [0.4, 0.5) is 4.39 Å². The fraction of sp³-hybridized carbons (Fsp3) is 0.429. The fourth-order valence-electron chi connectivity index (χ4n) is 2.33. The Bertz CT molecular complexity index is 550. The van der Waals surface area contributed by atoms with E-state index in [-0.39, 0.29) is 18.5 Å². The smallest absolute Gasteiger partial charge is 0.306 e. The average molecular weight is 296 g/mol. The molecule has 2 rings (SSSR count). The number of morpholine rings is 1. The maximum atomic E-state index is 13.8. The summed E-state index contributed by atoms with van der Waals surface area (Å²) in [6, 6.07) is 3.98. The quantitative estimate of drug-likeness (QED) is 0.830. The van der Waals surface area contributed by atoms with Gasteiger partial charge in [-0.3, -0.25) is 14.5 Å². The van der Waals surface area contributed by atoms with E-state index in [4.69, 9.17) is 15.6 Å². The van der Waals surface area contributed by atoms with E-state index in [0.717, 1.165) is 0 Å². The molecule has 1 unspecified atom stereocenters. The van der Waals surface area contributed by atoms with E-state index in [0.29, 0.717) is 25.3 Å². The van der Waals surface area contributed by atoms with E-state index in [1.807, 2.05) is 4.90 Å². The molecule has 114 valence electrons. The number of halogens is 1. The van der Waals surface area contributed by atoms with Crippen molar-refractivity contribution in [3.05, 3.63) is 35.1 Å². The number of ether oxygens (including phenoxy) is 1. The zero-order chi connectivity index (χ0) is 15.4. The van der Waals surface area contributed by atoms with Crippen LogP contribution in [0.15, 0.2) is 18.2 Å². The molecule has 0 radical (unpaired) electrons. The number of carboxylic acid groups (broad SMARTS) is 1. The van der Waals surface area contributed by atoms with E-state index in [1.54, 1.807) is 0 Å². The number of aliphatic carboxylic acids is 1. The summed E-state index contributed by atoms with van der Waals surface area (Å²) in [7, 11) is 0. The SMILES string of the molecule is NC(=O)c1ccc(F)c(CN2CCOC(CC(=O)O)C2)c1. The van der Waals surface area contributed by atoms with E-state index in [9.17, 15) is 14.0 Å². The number of nitrogens with two attached hydrogens (primary N) is 1. The van der Waals surface area contributed by atoms with Gasteiger partial charge < -0.3 is 15.6 Å². The molecule has 21 heavy (non-hydrogen) atoms. The van der Waals surface area contributed by atoms with E-state index in [1.165, 1.54) is 18.2 Å². The maximum Gasteiger partial charge on any atom is 0.306 e. The summed E-state index contributed by atoms with van der Waals surface area (Å²) in [5.41, 5.74) is 5.80. The van der Waals surface area contributed by atoms with Crippen molar-refractivity contribution in [2.75, 3.05) is 19.7 Å². The van der Waals surface area contributed by atoms with Crippen molar-refractivity contribution >= 4 is 11.9 Å². The molecule has 0 aromatic heterocycles. The van der Waals surface area contributed by atoms with Crippen LogP contribution in [0.3, 0.4) is 0 Å². The average Bonchev–Trinajstić information content (AvgIpc) is 2.40. The Morgan fingerprint density at radius 1 is 1.48 bits per heavy atom. The van der Waals surface area contributed by atoms with Crippen LogP contribution in [-0.2, 0) is 16.1 Å².